The first-order valence-electron chi connectivity index (χ1n) is 4.30. The van der Waals surface area contributed by atoms with Crippen LogP contribution < -0.4 is 0 Å². The lowest BCUT2D eigenvalue weighted by atomic mass is 10.1. The molecule has 0 aromatic carbocycles. The van der Waals surface area contributed by atoms with E-state index >= 15 is 0 Å². The van der Waals surface area contributed by atoms with E-state index < -0.39 is 23.4 Å². The molecule has 0 spiro atoms. The molecular formula is C9H10F3NO2. The van der Waals surface area contributed by atoms with Crippen LogP contribution in [-0.2, 0) is 10.9 Å². The molecular weight excluding hydrogens is 211 g/mol. The van der Waals surface area contributed by atoms with E-state index in [1.807, 2.05) is 0 Å². The Kier molecular flexibility index (Phi) is 3.06. The highest BCUT2D eigenvalue weighted by Gasteiger charge is 2.38. The van der Waals surface area contributed by atoms with Crippen LogP contribution in [0.25, 0.3) is 0 Å². The van der Waals surface area contributed by atoms with Gasteiger partial charge in [0.05, 0.1) is 12.2 Å². The molecule has 1 N–H and O–H groups in total. The molecule has 0 atom stereocenters. The van der Waals surface area contributed by atoms with Crippen LogP contribution in [0.5, 0.6) is 0 Å². The van der Waals surface area contributed by atoms with Crippen LogP contribution in [0, 0.1) is 6.92 Å². The van der Waals surface area contributed by atoms with Gasteiger partial charge >= 0.3 is 12.1 Å². The smallest absolute Gasteiger partial charge is 0.418 e. The van der Waals surface area contributed by atoms with Crippen molar-refractivity contribution in [3.63, 3.8) is 0 Å². The summed E-state index contributed by atoms with van der Waals surface area (Å²) in [6.07, 6.45) is -3.42. The zero-order valence-corrected chi connectivity index (χ0v) is 8.23. The summed E-state index contributed by atoms with van der Waals surface area (Å²) in [4.78, 5) is 13.4. The molecule has 0 unspecified atom stereocenters. The number of hydrogen-bond acceptors (Lipinski definition) is 2. The lowest BCUT2D eigenvalue weighted by molar-refractivity contribution is -0.138. The number of hydrogen-bond donors (Lipinski definition) is 1. The van der Waals surface area contributed by atoms with Crippen molar-refractivity contribution in [3.8, 4) is 0 Å². The molecule has 0 saturated carbocycles. The molecule has 1 rings (SSSR count). The van der Waals surface area contributed by atoms with E-state index in [4.69, 9.17) is 0 Å². The largest absolute Gasteiger partial charge is 0.461 e. The van der Waals surface area contributed by atoms with Crippen molar-refractivity contribution in [2.24, 2.45) is 0 Å². The molecule has 0 radical (unpaired) electrons. The Bertz CT molecular complexity index is 368. The average Bonchev–Trinajstić information content (AvgIpc) is 2.46. The number of esters is 1. The van der Waals surface area contributed by atoms with Gasteiger partial charge in [0, 0.05) is 6.20 Å². The van der Waals surface area contributed by atoms with Gasteiger partial charge in [0.2, 0.25) is 0 Å². The van der Waals surface area contributed by atoms with E-state index in [0.29, 0.717) is 0 Å². The number of nitrogens with one attached hydrogen (secondary N) is 1. The molecule has 0 aliphatic carbocycles. The second kappa shape index (κ2) is 3.96. The Hall–Kier alpha value is -1.46. The topological polar surface area (TPSA) is 42.1 Å². The fourth-order valence-electron chi connectivity index (χ4n) is 1.25. The maximum Gasteiger partial charge on any atom is 0.418 e. The van der Waals surface area contributed by atoms with Crippen molar-refractivity contribution >= 4 is 5.97 Å². The summed E-state index contributed by atoms with van der Waals surface area (Å²) in [6, 6.07) is 0. The monoisotopic (exact) mass is 221 g/mol. The fourth-order valence-corrected chi connectivity index (χ4v) is 1.25. The SMILES string of the molecule is CCOC(=O)c1[nH]cc(C)c1C(F)(F)F. The van der Waals surface area contributed by atoms with Crippen LogP contribution in [0.2, 0.25) is 0 Å². The Morgan fingerprint density at radius 2 is 2.13 bits per heavy atom. The van der Waals surface area contributed by atoms with Crippen molar-refractivity contribution < 1.29 is 22.7 Å². The minimum atomic E-state index is -4.55. The highest BCUT2D eigenvalue weighted by molar-refractivity contribution is 5.89. The zero-order chi connectivity index (χ0) is 11.6. The van der Waals surface area contributed by atoms with E-state index in [1.54, 1.807) is 0 Å². The molecule has 1 aromatic heterocycles. The number of aryl methyl sites for hydroxylation is 1. The Labute approximate surface area is 84.2 Å². The first kappa shape index (κ1) is 11.6. The van der Waals surface area contributed by atoms with E-state index in [2.05, 4.69) is 9.72 Å². The van der Waals surface area contributed by atoms with Crippen LogP contribution >= 0.6 is 0 Å². The standard InChI is InChI=1S/C9H10F3NO2/c1-3-15-8(14)7-6(9(10,11)12)5(2)4-13-7/h4,13H,3H2,1-2H3. The third-order valence-electron chi connectivity index (χ3n) is 1.84. The predicted octanol–water partition coefficient (Wildman–Crippen LogP) is 2.52. The number of alkyl halides is 3. The highest BCUT2D eigenvalue weighted by Crippen LogP contribution is 2.34. The van der Waals surface area contributed by atoms with Gasteiger partial charge in [-0.3, -0.25) is 0 Å². The lowest BCUT2D eigenvalue weighted by Gasteiger charge is -2.08. The molecule has 1 aromatic rings. The van der Waals surface area contributed by atoms with Crippen LogP contribution in [-0.4, -0.2) is 17.6 Å². The van der Waals surface area contributed by atoms with Crippen LogP contribution in [0.1, 0.15) is 28.5 Å². The maximum absolute atomic E-state index is 12.5. The van der Waals surface area contributed by atoms with Crippen molar-refractivity contribution in [1.29, 1.82) is 0 Å². The molecule has 0 saturated heterocycles. The molecule has 3 nitrogen and oxygen atoms in total. The van der Waals surface area contributed by atoms with Gasteiger partial charge in [-0.2, -0.15) is 13.2 Å². The second-order valence-corrected chi connectivity index (χ2v) is 2.94. The van der Waals surface area contributed by atoms with Gasteiger partial charge in [-0.1, -0.05) is 0 Å². The van der Waals surface area contributed by atoms with Gasteiger partial charge in [-0.25, -0.2) is 4.79 Å². The summed E-state index contributed by atoms with van der Waals surface area (Å²) in [6.45, 7) is 2.84. The number of halogens is 3. The third-order valence-corrected chi connectivity index (χ3v) is 1.84. The first-order chi connectivity index (χ1) is 6.88. The number of aromatic nitrogens is 1. The van der Waals surface area contributed by atoms with Crippen LogP contribution in [0.15, 0.2) is 6.20 Å². The molecule has 0 aliphatic heterocycles. The summed E-state index contributed by atoms with van der Waals surface area (Å²) in [7, 11) is 0. The summed E-state index contributed by atoms with van der Waals surface area (Å²) < 4.78 is 42.1. The third kappa shape index (κ3) is 2.31. The molecule has 6 heteroatoms. The minimum absolute atomic E-state index is 0.0226. The summed E-state index contributed by atoms with van der Waals surface area (Å²) in [5, 5.41) is 0. The molecule has 0 aliphatic rings. The van der Waals surface area contributed by atoms with E-state index in [-0.39, 0.29) is 12.2 Å². The van der Waals surface area contributed by atoms with Crippen molar-refractivity contribution in [2.45, 2.75) is 20.0 Å². The number of ether oxygens (including phenoxy) is 1. The fraction of sp³-hybridized carbons (Fsp3) is 0.444. The lowest BCUT2D eigenvalue weighted by Crippen LogP contribution is -2.14. The van der Waals surface area contributed by atoms with E-state index in [0.717, 1.165) is 6.20 Å². The van der Waals surface area contributed by atoms with Gasteiger partial charge < -0.3 is 9.72 Å². The van der Waals surface area contributed by atoms with E-state index in [9.17, 15) is 18.0 Å². The molecule has 0 amide bonds. The van der Waals surface area contributed by atoms with Gasteiger partial charge in [0.15, 0.2) is 0 Å². The molecule has 0 fully saturated rings. The molecule has 84 valence electrons. The first-order valence-corrected chi connectivity index (χ1v) is 4.30. The minimum Gasteiger partial charge on any atom is -0.461 e. The Morgan fingerprint density at radius 1 is 1.53 bits per heavy atom. The summed E-state index contributed by atoms with van der Waals surface area (Å²) >= 11 is 0. The molecule has 0 bridgehead atoms. The van der Waals surface area contributed by atoms with E-state index in [1.165, 1.54) is 13.8 Å². The summed E-state index contributed by atoms with van der Waals surface area (Å²) in [5.74, 6) is -0.988. The van der Waals surface area contributed by atoms with Crippen molar-refractivity contribution in [2.75, 3.05) is 6.61 Å². The normalized spacial score (nSPS) is 11.5. The van der Waals surface area contributed by atoms with Gasteiger partial charge in [0.1, 0.15) is 5.69 Å². The van der Waals surface area contributed by atoms with Crippen molar-refractivity contribution in [1.82, 2.24) is 4.98 Å². The number of rotatable bonds is 2. The van der Waals surface area contributed by atoms with Gasteiger partial charge in [-0.15, -0.1) is 0 Å². The maximum atomic E-state index is 12.5. The Morgan fingerprint density at radius 3 is 2.60 bits per heavy atom. The number of aromatic amines is 1. The van der Waals surface area contributed by atoms with Gasteiger partial charge in [0.25, 0.3) is 0 Å². The summed E-state index contributed by atoms with van der Waals surface area (Å²) in [5.41, 5.74) is -1.52. The quantitative estimate of drug-likeness (QED) is 0.779. The predicted molar refractivity (Wildman–Crippen MR) is 46.5 cm³/mol. The van der Waals surface area contributed by atoms with Crippen LogP contribution in [0.3, 0.4) is 0 Å². The number of carbonyl (C=O) groups excluding carboxylic acids is 1. The van der Waals surface area contributed by atoms with Gasteiger partial charge in [-0.05, 0) is 19.4 Å². The zero-order valence-electron chi connectivity index (χ0n) is 8.23. The Balaban J connectivity index is 3.15. The highest BCUT2D eigenvalue weighted by atomic mass is 19.4. The number of H-pyrrole nitrogens is 1. The van der Waals surface area contributed by atoms with Crippen molar-refractivity contribution in [3.05, 3.63) is 23.0 Å². The number of carbonyl (C=O) groups is 1. The molecule has 15 heavy (non-hydrogen) atoms. The average molecular weight is 221 g/mol. The van der Waals surface area contributed by atoms with Crippen LogP contribution in [0.4, 0.5) is 13.2 Å². The second-order valence-electron chi connectivity index (χ2n) is 2.94. The molecule has 1 heterocycles.